The first kappa shape index (κ1) is 19.8. The summed E-state index contributed by atoms with van der Waals surface area (Å²) < 4.78 is 0. The van der Waals surface area contributed by atoms with E-state index in [1.807, 2.05) is 55.0 Å². The summed E-state index contributed by atoms with van der Waals surface area (Å²) in [5, 5.41) is 3.09. The van der Waals surface area contributed by atoms with Crippen molar-refractivity contribution in [1.82, 2.24) is 24.9 Å². The molecule has 1 N–H and O–H groups in total. The molecule has 0 spiro atoms. The lowest BCUT2D eigenvalue weighted by Crippen LogP contribution is -1.96. The van der Waals surface area contributed by atoms with Gasteiger partial charge in [0.1, 0.15) is 12.0 Å². The summed E-state index contributed by atoms with van der Waals surface area (Å²) in [7, 11) is 0. The van der Waals surface area contributed by atoms with Crippen molar-refractivity contribution in [3.63, 3.8) is 0 Å². The van der Waals surface area contributed by atoms with Gasteiger partial charge < -0.3 is 4.98 Å². The number of benzene rings is 2. The number of aromatic nitrogens is 5. The van der Waals surface area contributed by atoms with E-state index in [4.69, 9.17) is 16.4 Å². The summed E-state index contributed by atoms with van der Waals surface area (Å²) in [4.78, 5) is 21.7. The highest BCUT2D eigenvalue weighted by Gasteiger charge is 2.18. The fourth-order valence-electron chi connectivity index (χ4n) is 4.55. The van der Waals surface area contributed by atoms with Gasteiger partial charge in [-0.3, -0.25) is 9.97 Å². The maximum absolute atomic E-state index is 5.64. The molecule has 0 amide bonds. The predicted molar refractivity (Wildman–Crippen MR) is 136 cm³/mol. The highest BCUT2D eigenvalue weighted by Crippen LogP contribution is 2.39. The Morgan fingerprint density at radius 1 is 0.765 bits per heavy atom. The summed E-state index contributed by atoms with van der Waals surface area (Å²) >= 11 is 0. The Hall–Kier alpha value is -4.82. The number of H-pyrrole nitrogens is 1. The monoisotopic (exact) mass is 437 g/mol. The van der Waals surface area contributed by atoms with Crippen molar-refractivity contribution in [3.8, 4) is 46.1 Å². The van der Waals surface area contributed by atoms with Crippen LogP contribution in [0.5, 0.6) is 0 Å². The van der Waals surface area contributed by atoms with E-state index in [0.717, 1.165) is 66.7 Å². The third-order valence-electron chi connectivity index (χ3n) is 6.11. The van der Waals surface area contributed by atoms with Crippen LogP contribution in [-0.4, -0.2) is 24.9 Å². The molecule has 0 aliphatic heterocycles. The first-order chi connectivity index (χ1) is 16.7. The van der Waals surface area contributed by atoms with Gasteiger partial charge in [-0.2, -0.15) is 0 Å². The van der Waals surface area contributed by atoms with Crippen LogP contribution < -0.4 is 0 Å². The van der Waals surface area contributed by atoms with Crippen LogP contribution in [0.3, 0.4) is 0 Å². The third-order valence-corrected chi connectivity index (χ3v) is 6.11. The average Bonchev–Trinajstić information content (AvgIpc) is 3.38. The van der Waals surface area contributed by atoms with Crippen LogP contribution in [0.4, 0.5) is 0 Å². The number of rotatable bonds is 3. The van der Waals surface area contributed by atoms with E-state index < -0.39 is 0 Å². The quantitative estimate of drug-likeness (QED) is 0.335. The van der Waals surface area contributed by atoms with Gasteiger partial charge in [0.2, 0.25) is 0 Å². The van der Waals surface area contributed by atoms with Crippen molar-refractivity contribution in [2.24, 2.45) is 0 Å². The fourth-order valence-corrected chi connectivity index (χ4v) is 4.55. The van der Waals surface area contributed by atoms with Gasteiger partial charge in [-0.1, -0.05) is 30.2 Å². The molecule has 2 aromatic carbocycles. The van der Waals surface area contributed by atoms with Crippen LogP contribution in [0.2, 0.25) is 0 Å². The molecule has 6 aromatic rings. The van der Waals surface area contributed by atoms with E-state index in [2.05, 4.69) is 52.1 Å². The molecule has 5 heteroatoms. The molecule has 0 unspecified atom stereocenters. The molecule has 160 valence electrons. The van der Waals surface area contributed by atoms with Crippen LogP contribution in [-0.2, 0) is 0 Å². The number of nitrogens with zero attached hydrogens (tertiary/aromatic N) is 4. The van der Waals surface area contributed by atoms with Gasteiger partial charge in [-0.05, 0) is 54.3 Å². The highest BCUT2D eigenvalue weighted by molar-refractivity contribution is 6.06. The highest BCUT2D eigenvalue weighted by atomic mass is 14.9. The number of aromatic amines is 1. The predicted octanol–water partition coefficient (Wildman–Crippen LogP) is 6.19. The van der Waals surface area contributed by atoms with E-state index in [1.54, 1.807) is 6.33 Å². The minimum atomic E-state index is 0.800. The molecule has 0 aliphatic rings. The molecule has 0 aliphatic carbocycles. The Morgan fingerprint density at radius 2 is 1.68 bits per heavy atom. The van der Waals surface area contributed by atoms with Crippen molar-refractivity contribution in [3.05, 3.63) is 96.7 Å². The molecule has 0 saturated carbocycles. The zero-order chi connectivity index (χ0) is 23.1. The van der Waals surface area contributed by atoms with Gasteiger partial charge in [0, 0.05) is 51.6 Å². The van der Waals surface area contributed by atoms with Gasteiger partial charge in [0.15, 0.2) is 0 Å². The molecule has 4 heterocycles. The number of fused-ring (bicyclic) bond motifs is 2. The maximum atomic E-state index is 5.64. The lowest BCUT2D eigenvalue weighted by atomic mass is 9.92. The summed E-state index contributed by atoms with van der Waals surface area (Å²) in [5.41, 5.74) is 8.38. The molecule has 0 bridgehead atoms. The van der Waals surface area contributed by atoms with Crippen molar-refractivity contribution >= 4 is 21.8 Å². The second-order valence-corrected chi connectivity index (χ2v) is 8.10. The molecular formula is C29H19N5. The molecule has 5 nitrogen and oxygen atoms in total. The Morgan fingerprint density at radius 3 is 2.59 bits per heavy atom. The van der Waals surface area contributed by atoms with E-state index in [9.17, 15) is 0 Å². The third kappa shape index (κ3) is 3.13. The minimum Gasteiger partial charge on any atom is -0.346 e. The van der Waals surface area contributed by atoms with Crippen molar-refractivity contribution < 1.29 is 0 Å². The Balaban J connectivity index is 1.64. The van der Waals surface area contributed by atoms with E-state index in [-0.39, 0.29) is 0 Å². The number of aryl methyl sites for hydroxylation is 1. The number of hydrogen-bond acceptors (Lipinski definition) is 4. The standard InChI is InChI=1S/C29H19N5/c1-3-19-6-4-7-20(16-19)26-22-10-9-18(2)25(21(22)11-14-31-26)28-23(8-5-13-30-28)27-24-12-15-32-29(24)34-17-33-27/h1,4-17H,2H3,(H,32,33,34). The van der Waals surface area contributed by atoms with Gasteiger partial charge in [0.25, 0.3) is 0 Å². The average molecular weight is 438 g/mol. The summed E-state index contributed by atoms with van der Waals surface area (Å²) in [6, 6.07) is 20.2. The number of hydrogen-bond donors (Lipinski definition) is 1. The molecule has 4 aromatic heterocycles. The first-order valence-corrected chi connectivity index (χ1v) is 10.9. The lowest BCUT2D eigenvalue weighted by molar-refractivity contribution is 1.20. The van der Waals surface area contributed by atoms with Crippen LogP contribution in [0, 0.1) is 19.3 Å². The van der Waals surface area contributed by atoms with Crippen molar-refractivity contribution in [1.29, 1.82) is 0 Å². The second kappa shape index (κ2) is 7.95. The number of pyridine rings is 2. The Labute approximate surface area is 196 Å². The smallest absolute Gasteiger partial charge is 0.141 e. The molecule has 34 heavy (non-hydrogen) atoms. The topological polar surface area (TPSA) is 67.3 Å². The Kier molecular flexibility index (Phi) is 4.64. The SMILES string of the molecule is C#Cc1cccc(-c2nccc3c(-c4ncccc4-c4ncnc5[nH]ccc45)c(C)ccc23)c1. The Bertz CT molecular complexity index is 1740. The molecular weight excluding hydrogens is 418 g/mol. The largest absolute Gasteiger partial charge is 0.346 e. The van der Waals surface area contributed by atoms with Crippen LogP contribution in [0.15, 0.2) is 85.6 Å². The molecule has 0 radical (unpaired) electrons. The van der Waals surface area contributed by atoms with Gasteiger partial charge in [0.05, 0.1) is 17.1 Å². The normalized spacial score (nSPS) is 11.1. The number of nitrogens with one attached hydrogen (secondary N) is 1. The van der Waals surface area contributed by atoms with Crippen molar-refractivity contribution in [2.75, 3.05) is 0 Å². The van der Waals surface area contributed by atoms with Crippen LogP contribution in [0.25, 0.3) is 55.6 Å². The van der Waals surface area contributed by atoms with Crippen LogP contribution >= 0.6 is 0 Å². The first-order valence-electron chi connectivity index (χ1n) is 10.9. The molecule has 6 rings (SSSR count). The zero-order valence-corrected chi connectivity index (χ0v) is 18.4. The van der Waals surface area contributed by atoms with Gasteiger partial charge in [-0.25, -0.2) is 9.97 Å². The zero-order valence-electron chi connectivity index (χ0n) is 18.4. The van der Waals surface area contributed by atoms with Crippen LogP contribution in [0.1, 0.15) is 11.1 Å². The van der Waals surface area contributed by atoms with Gasteiger partial charge >= 0.3 is 0 Å². The molecule has 0 saturated heterocycles. The van der Waals surface area contributed by atoms with Crippen molar-refractivity contribution in [2.45, 2.75) is 6.92 Å². The molecule has 0 fully saturated rings. The number of terminal acetylenes is 1. The van der Waals surface area contributed by atoms with E-state index >= 15 is 0 Å². The fraction of sp³-hybridized carbons (Fsp3) is 0.0345. The van der Waals surface area contributed by atoms with E-state index in [1.165, 1.54) is 0 Å². The van der Waals surface area contributed by atoms with Gasteiger partial charge in [-0.15, -0.1) is 6.42 Å². The van der Waals surface area contributed by atoms with E-state index in [0.29, 0.717) is 0 Å². The lowest BCUT2D eigenvalue weighted by Gasteiger charge is -2.15. The summed E-state index contributed by atoms with van der Waals surface area (Å²) in [5.74, 6) is 2.72. The minimum absolute atomic E-state index is 0.800. The molecule has 0 atom stereocenters. The maximum Gasteiger partial charge on any atom is 0.141 e. The summed E-state index contributed by atoms with van der Waals surface area (Å²) in [6.07, 6.45) is 12.8. The second-order valence-electron chi connectivity index (χ2n) is 8.10. The summed E-state index contributed by atoms with van der Waals surface area (Å²) in [6.45, 7) is 2.11.